The van der Waals surface area contributed by atoms with Gasteiger partial charge in [0, 0.05) is 38.3 Å². The third-order valence-corrected chi connectivity index (χ3v) is 5.67. The normalized spacial score (nSPS) is 18.0. The minimum atomic E-state index is -3.38. The second-order valence-electron chi connectivity index (χ2n) is 6.69. The number of imidazole rings is 1. The molecule has 0 aliphatic carbocycles. The van der Waals surface area contributed by atoms with Crippen LogP contribution in [0.15, 0.2) is 29.8 Å². The van der Waals surface area contributed by atoms with Crippen molar-refractivity contribution in [2.24, 2.45) is 0 Å². The quantitative estimate of drug-likeness (QED) is 0.649. The fraction of sp³-hybridized carbons (Fsp3) is 0.647. The highest BCUT2D eigenvalue weighted by Gasteiger charge is 2.24. The van der Waals surface area contributed by atoms with Crippen LogP contribution in [0.3, 0.4) is 0 Å². The molecule has 2 aromatic rings. The third-order valence-electron chi connectivity index (χ3n) is 4.68. The number of rotatable bonds is 9. The molecule has 0 bridgehead atoms. The van der Waals surface area contributed by atoms with Gasteiger partial charge in [-0.1, -0.05) is 6.92 Å². The van der Waals surface area contributed by atoms with Gasteiger partial charge >= 0.3 is 0 Å². The molecule has 144 valence electrons. The summed E-state index contributed by atoms with van der Waals surface area (Å²) in [4.78, 5) is 6.46. The second-order valence-corrected chi connectivity index (χ2v) is 8.60. The van der Waals surface area contributed by atoms with Gasteiger partial charge in [-0.25, -0.2) is 13.4 Å². The molecule has 26 heavy (non-hydrogen) atoms. The summed E-state index contributed by atoms with van der Waals surface area (Å²) in [5.41, 5.74) is 0.906. The molecule has 0 N–H and O–H groups in total. The van der Waals surface area contributed by atoms with Crippen molar-refractivity contribution in [2.75, 3.05) is 26.0 Å². The first-order chi connectivity index (χ1) is 12.5. The predicted molar refractivity (Wildman–Crippen MR) is 97.5 cm³/mol. The summed E-state index contributed by atoms with van der Waals surface area (Å²) in [6, 6.07) is 1.91. The Morgan fingerprint density at radius 3 is 2.88 bits per heavy atom. The molecule has 3 rings (SSSR count). The lowest BCUT2D eigenvalue weighted by molar-refractivity contribution is 0.0932. The lowest BCUT2D eigenvalue weighted by Gasteiger charge is -2.22. The van der Waals surface area contributed by atoms with Crippen LogP contribution in [-0.2, 0) is 34.2 Å². The molecule has 0 radical (unpaired) electrons. The maximum Gasteiger partial charge on any atom is 0.227 e. The molecule has 0 aromatic carbocycles. The van der Waals surface area contributed by atoms with Crippen molar-refractivity contribution in [1.82, 2.24) is 24.2 Å². The zero-order valence-corrected chi connectivity index (χ0v) is 16.2. The number of likely N-dealkylation sites (N-methyl/N-ethyl adjacent to an activating group) is 1. The van der Waals surface area contributed by atoms with Crippen LogP contribution in [0.1, 0.15) is 25.5 Å². The molecule has 1 fully saturated rings. The van der Waals surface area contributed by atoms with Crippen molar-refractivity contribution >= 4 is 9.84 Å². The van der Waals surface area contributed by atoms with E-state index in [4.69, 9.17) is 4.74 Å². The first-order valence-corrected chi connectivity index (χ1v) is 10.9. The van der Waals surface area contributed by atoms with E-state index in [-0.39, 0.29) is 11.3 Å². The van der Waals surface area contributed by atoms with E-state index in [1.54, 1.807) is 12.4 Å². The Labute approximate surface area is 154 Å². The topological polar surface area (TPSA) is 82.3 Å². The summed E-state index contributed by atoms with van der Waals surface area (Å²) in [5.74, 6) is 0. The van der Waals surface area contributed by atoms with Crippen molar-refractivity contribution in [3.63, 3.8) is 0 Å². The minimum Gasteiger partial charge on any atom is -0.376 e. The molecule has 0 amide bonds. The summed E-state index contributed by atoms with van der Waals surface area (Å²) in [6.45, 7) is 6.51. The summed E-state index contributed by atoms with van der Waals surface area (Å²) < 4.78 is 33.7. The van der Waals surface area contributed by atoms with E-state index in [1.165, 1.54) is 6.26 Å². The number of ether oxygens (including phenoxy) is 1. The van der Waals surface area contributed by atoms with Gasteiger partial charge in [0.05, 0.1) is 31.1 Å². The number of hydrogen-bond donors (Lipinski definition) is 0. The smallest absolute Gasteiger partial charge is 0.227 e. The Morgan fingerprint density at radius 2 is 2.27 bits per heavy atom. The zero-order valence-electron chi connectivity index (χ0n) is 15.4. The minimum absolute atomic E-state index is 0.0580. The Hall–Kier alpha value is -1.71. The van der Waals surface area contributed by atoms with Crippen molar-refractivity contribution in [2.45, 2.75) is 50.7 Å². The molecule has 8 nitrogen and oxygen atoms in total. The standard InChI is InChI=1S/C17H27N5O3S/c1-3-20(9-10-21-8-5-7-19-21)13-15-12-18-17(26(2,23)24)22(15)14-16-6-4-11-25-16/h5,7-8,12,16H,3-4,6,9-11,13-14H2,1-2H3. The monoisotopic (exact) mass is 381 g/mol. The molecular weight excluding hydrogens is 354 g/mol. The maximum absolute atomic E-state index is 12.1. The van der Waals surface area contributed by atoms with Gasteiger partial charge in [-0.05, 0) is 25.5 Å². The van der Waals surface area contributed by atoms with Crippen LogP contribution in [0.2, 0.25) is 0 Å². The Kier molecular flexibility index (Phi) is 6.10. The van der Waals surface area contributed by atoms with Gasteiger partial charge in [-0.3, -0.25) is 9.58 Å². The van der Waals surface area contributed by atoms with Crippen LogP contribution in [-0.4, -0.2) is 64.7 Å². The maximum atomic E-state index is 12.1. The van der Waals surface area contributed by atoms with Gasteiger partial charge < -0.3 is 9.30 Å². The van der Waals surface area contributed by atoms with E-state index in [1.807, 2.05) is 21.5 Å². The number of aromatic nitrogens is 4. The van der Waals surface area contributed by atoms with E-state index < -0.39 is 9.84 Å². The molecule has 1 aliphatic rings. The van der Waals surface area contributed by atoms with E-state index in [0.29, 0.717) is 13.1 Å². The van der Waals surface area contributed by atoms with E-state index >= 15 is 0 Å². The lowest BCUT2D eigenvalue weighted by atomic mass is 10.2. The molecule has 0 spiro atoms. The zero-order chi connectivity index (χ0) is 18.6. The van der Waals surface area contributed by atoms with Crippen molar-refractivity contribution < 1.29 is 13.2 Å². The summed E-state index contributed by atoms with van der Waals surface area (Å²) >= 11 is 0. The van der Waals surface area contributed by atoms with Crippen LogP contribution in [0.25, 0.3) is 0 Å². The number of nitrogens with zero attached hydrogens (tertiary/aromatic N) is 5. The average molecular weight is 382 g/mol. The van der Waals surface area contributed by atoms with Crippen LogP contribution in [0, 0.1) is 0 Å². The summed E-state index contributed by atoms with van der Waals surface area (Å²) in [6.07, 6.45) is 8.64. The highest BCUT2D eigenvalue weighted by atomic mass is 32.2. The highest BCUT2D eigenvalue weighted by Crippen LogP contribution is 2.20. The van der Waals surface area contributed by atoms with Gasteiger partial charge in [-0.15, -0.1) is 0 Å². The fourth-order valence-corrected chi connectivity index (χ4v) is 4.09. The molecule has 1 atom stereocenters. The molecule has 9 heteroatoms. The van der Waals surface area contributed by atoms with Gasteiger partial charge in [0.1, 0.15) is 0 Å². The molecule has 0 saturated carbocycles. The van der Waals surface area contributed by atoms with Crippen LogP contribution < -0.4 is 0 Å². The largest absolute Gasteiger partial charge is 0.376 e. The van der Waals surface area contributed by atoms with E-state index in [0.717, 1.165) is 44.8 Å². The van der Waals surface area contributed by atoms with Crippen LogP contribution in [0.5, 0.6) is 0 Å². The van der Waals surface area contributed by atoms with Crippen LogP contribution in [0.4, 0.5) is 0 Å². The second kappa shape index (κ2) is 8.32. The fourth-order valence-electron chi connectivity index (χ4n) is 3.26. The molecular formula is C17H27N5O3S. The van der Waals surface area contributed by atoms with Crippen LogP contribution >= 0.6 is 0 Å². The van der Waals surface area contributed by atoms with Gasteiger partial charge in [0.25, 0.3) is 0 Å². The average Bonchev–Trinajstić information content (AvgIpc) is 3.34. The molecule has 1 unspecified atom stereocenters. The van der Waals surface area contributed by atoms with Crippen molar-refractivity contribution in [3.8, 4) is 0 Å². The Bertz CT molecular complexity index is 794. The SMILES string of the molecule is CCN(CCn1cccn1)Cc1cnc(S(C)(=O)=O)n1CC1CCCO1. The Morgan fingerprint density at radius 1 is 1.42 bits per heavy atom. The molecule has 2 aromatic heterocycles. The van der Waals surface area contributed by atoms with Gasteiger partial charge in [0.15, 0.2) is 0 Å². The molecule has 3 heterocycles. The highest BCUT2D eigenvalue weighted by molar-refractivity contribution is 7.90. The first kappa shape index (κ1) is 19.1. The third kappa shape index (κ3) is 4.72. The van der Waals surface area contributed by atoms with E-state index in [2.05, 4.69) is 21.9 Å². The molecule has 1 aliphatic heterocycles. The summed E-state index contributed by atoms with van der Waals surface area (Å²) in [5, 5.41) is 4.36. The number of sulfone groups is 1. The van der Waals surface area contributed by atoms with E-state index in [9.17, 15) is 8.42 Å². The summed E-state index contributed by atoms with van der Waals surface area (Å²) in [7, 11) is -3.38. The first-order valence-electron chi connectivity index (χ1n) is 9.03. The predicted octanol–water partition coefficient (Wildman–Crippen LogP) is 1.18. The number of hydrogen-bond acceptors (Lipinski definition) is 6. The Balaban J connectivity index is 1.75. The molecule has 1 saturated heterocycles. The van der Waals surface area contributed by atoms with Crippen molar-refractivity contribution in [1.29, 1.82) is 0 Å². The van der Waals surface area contributed by atoms with Crippen molar-refractivity contribution in [3.05, 3.63) is 30.4 Å². The lowest BCUT2D eigenvalue weighted by Crippen LogP contribution is -2.29. The van der Waals surface area contributed by atoms with Gasteiger partial charge in [0.2, 0.25) is 15.0 Å². The van der Waals surface area contributed by atoms with Gasteiger partial charge in [-0.2, -0.15) is 5.10 Å².